The number of carbonyl (C=O) groups is 1. The average molecular weight is 431 g/mol. The van der Waals surface area contributed by atoms with E-state index >= 15 is 0 Å². The number of rotatable bonds is 4. The van der Waals surface area contributed by atoms with Gasteiger partial charge in [0.25, 0.3) is 0 Å². The molecule has 1 N–H and O–H groups in total. The molecular weight excluding hydrogens is 403 g/mol. The van der Waals surface area contributed by atoms with E-state index in [1.165, 1.54) is 12.1 Å². The van der Waals surface area contributed by atoms with Crippen LogP contribution in [-0.4, -0.2) is 42.2 Å². The van der Waals surface area contributed by atoms with Gasteiger partial charge in [0.15, 0.2) is 0 Å². The SMILES string of the molecule is CN1c2ccc(-c3cccc(F)c3)cc2[C@H]2[C@H](CCN2C(=O)Cc2ccccc2)[C@H]1CO. The largest absolute Gasteiger partial charge is 0.394 e. The van der Waals surface area contributed by atoms with Crippen molar-refractivity contribution in [3.05, 3.63) is 89.7 Å². The zero-order valence-electron chi connectivity index (χ0n) is 18.1. The predicted molar refractivity (Wildman–Crippen MR) is 124 cm³/mol. The fourth-order valence-corrected chi connectivity index (χ4v) is 5.45. The van der Waals surface area contributed by atoms with Crippen LogP contribution in [0.1, 0.15) is 23.6 Å². The van der Waals surface area contributed by atoms with E-state index in [0.29, 0.717) is 13.0 Å². The first-order valence-corrected chi connectivity index (χ1v) is 11.1. The van der Waals surface area contributed by atoms with Crippen molar-refractivity contribution >= 4 is 11.6 Å². The predicted octanol–water partition coefficient (Wildman–Crippen LogP) is 4.44. The molecule has 4 nitrogen and oxygen atoms in total. The first-order chi connectivity index (χ1) is 15.6. The van der Waals surface area contributed by atoms with E-state index in [4.69, 9.17) is 0 Å². The summed E-state index contributed by atoms with van der Waals surface area (Å²) in [6, 6.07) is 22.4. The van der Waals surface area contributed by atoms with E-state index in [0.717, 1.165) is 34.4 Å². The van der Waals surface area contributed by atoms with Crippen molar-refractivity contribution in [1.29, 1.82) is 0 Å². The number of benzene rings is 3. The molecule has 5 rings (SSSR count). The lowest BCUT2D eigenvalue weighted by Gasteiger charge is -2.44. The molecule has 5 heteroatoms. The summed E-state index contributed by atoms with van der Waals surface area (Å²) in [5, 5.41) is 10.2. The number of hydrogen-bond acceptors (Lipinski definition) is 3. The highest BCUT2D eigenvalue weighted by Gasteiger charge is 2.47. The molecule has 32 heavy (non-hydrogen) atoms. The van der Waals surface area contributed by atoms with Crippen molar-refractivity contribution in [3.63, 3.8) is 0 Å². The maximum absolute atomic E-state index is 13.9. The number of aliphatic hydroxyl groups is 1. The van der Waals surface area contributed by atoms with Gasteiger partial charge >= 0.3 is 0 Å². The number of nitrogens with zero attached hydrogens (tertiary/aromatic N) is 2. The zero-order valence-corrected chi connectivity index (χ0v) is 18.1. The van der Waals surface area contributed by atoms with Crippen LogP contribution in [0.4, 0.5) is 10.1 Å². The second kappa shape index (κ2) is 8.40. The van der Waals surface area contributed by atoms with Gasteiger partial charge in [-0.2, -0.15) is 0 Å². The summed E-state index contributed by atoms with van der Waals surface area (Å²) in [6.07, 6.45) is 1.22. The second-order valence-corrected chi connectivity index (χ2v) is 8.79. The minimum atomic E-state index is -0.268. The molecule has 0 spiro atoms. The number of halogens is 1. The van der Waals surface area contributed by atoms with Crippen LogP contribution < -0.4 is 4.90 Å². The van der Waals surface area contributed by atoms with Gasteiger partial charge in [-0.3, -0.25) is 4.79 Å². The summed E-state index contributed by atoms with van der Waals surface area (Å²) in [5.74, 6) is -0.0110. The van der Waals surface area contributed by atoms with Crippen molar-refractivity contribution < 1.29 is 14.3 Å². The van der Waals surface area contributed by atoms with Gasteiger partial charge in [0, 0.05) is 25.2 Å². The molecule has 0 unspecified atom stereocenters. The van der Waals surface area contributed by atoms with Crippen molar-refractivity contribution in [2.45, 2.75) is 24.9 Å². The van der Waals surface area contributed by atoms with Gasteiger partial charge in [0.1, 0.15) is 5.82 Å². The van der Waals surface area contributed by atoms with Gasteiger partial charge in [-0.1, -0.05) is 48.5 Å². The molecule has 2 heterocycles. The van der Waals surface area contributed by atoms with Crippen LogP contribution in [0.3, 0.4) is 0 Å². The van der Waals surface area contributed by atoms with Crippen LogP contribution in [0.15, 0.2) is 72.8 Å². The molecule has 2 aliphatic rings. The molecule has 2 aliphatic heterocycles. The third-order valence-corrected chi connectivity index (χ3v) is 7.03. The molecular formula is C27H27FN2O2. The fraction of sp³-hybridized carbons (Fsp3) is 0.296. The molecule has 0 radical (unpaired) electrons. The minimum Gasteiger partial charge on any atom is -0.394 e. The van der Waals surface area contributed by atoms with Gasteiger partial charge in [-0.05, 0) is 52.9 Å². The highest BCUT2D eigenvalue weighted by Crippen LogP contribution is 2.49. The lowest BCUT2D eigenvalue weighted by Crippen LogP contribution is -2.48. The average Bonchev–Trinajstić information content (AvgIpc) is 3.25. The number of likely N-dealkylation sites (tertiary alicyclic amines) is 1. The molecule has 1 fully saturated rings. The van der Waals surface area contributed by atoms with Gasteiger partial charge in [-0.15, -0.1) is 0 Å². The summed E-state index contributed by atoms with van der Waals surface area (Å²) in [5.41, 5.74) is 4.84. The van der Waals surface area contributed by atoms with Gasteiger partial charge in [-0.25, -0.2) is 4.39 Å². The Balaban J connectivity index is 1.55. The van der Waals surface area contributed by atoms with Gasteiger partial charge in [0.05, 0.1) is 25.1 Å². The Morgan fingerprint density at radius 3 is 2.56 bits per heavy atom. The lowest BCUT2D eigenvalue weighted by atomic mass is 9.81. The van der Waals surface area contributed by atoms with Gasteiger partial charge in [0.2, 0.25) is 5.91 Å². The monoisotopic (exact) mass is 430 g/mol. The molecule has 3 aromatic rings. The van der Waals surface area contributed by atoms with E-state index in [2.05, 4.69) is 11.0 Å². The Kier molecular flexibility index (Phi) is 5.43. The number of hydrogen-bond donors (Lipinski definition) is 1. The summed E-state index contributed by atoms with van der Waals surface area (Å²) in [6.45, 7) is 0.721. The molecule has 0 aromatic heterocycles. The highest BCUT2D eigenvalue weighted by atomic mass is 19.1. The molecule has 0 saturated carbocycles. The topological polar surface area (TPSA) is 43.8 Å². The fourth-order valence-electron chi connectivity index (χ4n) is 5.45. The number of carbonyl (C=O) groups excluding carboxylic acids is 1. The van der Waals surface area contributed by atoms with Crippen molar-refractivity contribution in [2.24, 2.45) is 5.92 Å². The van der Waals surface area contributed by atoms with Crippen molar-refractivity contribution in [2.75, 3.05) is 25.1 Å². The molecule has 3 aromatic carbocycles. The summed E-state index contributed by atoms with van der Waals surface area (Å²) < 4.78 is 13.9. The first-order valence-electron chi connectivity index (χ1n) is 11.1. The smallest absolute Gasteiger partial charge is 0.227 e. The van der Waals surface area contributed by atoms with Crippen LogP contribution in [0.5, 0.6) is 0 Å². The van der Waals surface area contributed by atoms with E-state index in [1.807, 2.05) is 60.5 Å². The summed E-state index contributed by atoms with van der Waals surface area (Å²) in [7, 11) is 2.01. The Bertz CT molecular complexity index is 1130. The van der Waals surface area contributed by atoms with Crippen LogP contribution in [-0.2, 0) is 11.2 Å². The molecule has 1 amide bonds. The number of likely N-dealkylation sites (N-methyl/N-ethyl adjacent to an activating group) is 1. The Hall–Kier alpha value is -3.18. The van der Waals surface area contributed by atoms with E-state index < -0.39 is 0 Å². The van der Waals surface area contributed by atoms with E-state index in [-0.39, 0.29) is 36.3 Å². The maximum Gasteiger partial charge on any atom is 0.227 e. The van der Waals surface area contributed by atoms with Crippen LogP contribution in [0.2, 0.25) is 0 Å². The number of aliphatic hydroxyl groups excluding tert-OH is 1. The van der Waals surface area contributed by atoms with Gasteiger partial charge < -0.3 is 14.9 Å². The van der Waals surface area contributed by atoms with Crippen molar-refractivity contribution in [1.82, 2.24) is 4.90 Å². The minimum absolute atomic E-state index is 0.0398. The van der Waals surface area contributed by atoms with Crippen molar-refractivity contribution in [3.8, 4) is 11.1 Å². The highest BCUT2D eigenvalue weighted by molar-refractivity contribution is 5.81. The lowest BCUT2D eigenvalue weighted by molar-refractivity contribution is -0.132. The number of anilines is 1. The molecule has 1 saturated heterocycles. The number of amides is 1. The van der Waals surface area contributed by atoms with E-state index in [9.17, 15) is 14.3 Å². The molecule has 0 bridgehead atoms. The molecule has 3 atom stereocenters. The zero-order chi connectivity index (χ0) is 22.2. The third kappa shape index (κ3) is 3.56. The summed E-state index contributed by atoms with van der Waals surface area (Å²) >= 11 is 0. The first kappa shape index (κ1) is 20.7. The normalized spacial score (nSPS) is 21.9. The Morgan fingerprint density at radius 1 is 1.03 bits per heavy atom. The van der Waals surface area contributed by atoms with Crippen LogP contribution in [0.25, 0.3) is 11.1 Å². The van der Waals surface area contributed by atoms with Crippen LogP contribution >= 0.6 is 0 Å². The Labute approximate surface area is 187 Å². The third-order valence-electron chi connectivity index (χ3n) is 7.03. The van der Waals surface area contributed by atoms with Crippen LogP contribution in [0, 0.1) is 11.7 Å². The maximum atomic E-state index is 13.9. The Morgan fingerprint density at radius 2 is 1.81 bits per heavy atom. The second-order valence-electron chi connectivity index (χ2n) is 8.79. The quantitative estimate of drug-likeness (QED) is 0.666. The standard InChI is InChI=1S/C27H27FN2O2/c1-29-24-11-10-20(19-8-5-9-21(28)15-19)16-23(24)27-22(25(29)17-31)12-13-30(27)26(32)14-18-6-3-2-4-7-18/h2-11,15-16,22,25,27,31H,12-14,17H2,1H3/t22-,25-,27-/m1/s1. The molecule has 164 valence electrons. The van der Waals surface area contributed by atoms with E-state index in [1.54, 1.807) is 6.07 Å². The molecule has 0 aliphatic carbocycles. The summed E-state index contributed by atoms with van der Waals surface area (Å²) in [4.78, 5) is 17.5. The number of fused-ring (bicyclic) bond motifs is 3.